The molecule has 0 unspecified atom stereocenters. The number of aryl methyl sites for hydroxylation is 1. The average Bonchev–Trinajstić information content (AvgIpc) is 2.60. The largest absolute Gasteiger partial charge is 0.494 e. The smallest absolute Gasteiger partial charge is 0.271 e. The molecule has 5 heteroatoms. The first-order valence-electron chi connectivity index (χ1n) is 7.85. The van der Waals surface area contributed by atoms with Crippen LogP contribution >= 0.6 is 0 Å². The molecule has 0 spiro atoms. The maximum atomic E-state index is 13.8. The minimum Gasteiger partial charge on any atom is -0.494 e. The Morgan fingerprint density at radius 2 is 1.92 bits per heavy atom. The highest BCUT2D eigenvalue weighted by Gasteiger charge is 2.08. The summed E-state index contributed by atoms with van der Waals surface area (Å²) in [6, 6.07) is 11.6. The quantitative estimate of drug-likeness (QED) is 0.642. The molecule has 0 bridgehead atoms. The lowest BCUT2D eigenvalue weighted by Gasteiger charge is -2.07. The summed E-state index contributed by atoms with van der Waals surface area (Å²) in [5, 5.41) is 3.99. The van der Waals surface area contributed by atoms with E-state index in [4.69, 9.17) is 4.74 Å². The Kier molecular flexibility index (Phi) is 6.07. The van der Waals surface area contributed by atoms with Gasteiger partial charge in [0.25, 0.3) is 5.91 Å². The molecule has 0 aliphatic rings. The minimum atomic E-state index is -0.367. The molecule has 0 saturated carbocycles. The number of hydrogen-bond donors (Lipinski definition) is 1. The first-order valence-corrected chi connectivity index (χ1v) is 7.85. The van der Waals surface area contributed by atoms with Gasteiger partial charge < -0.3 is 4.74 Å². The SMILES string of the molecule is CCCOc1ccc(C(=O)N/N=C(/C)c2cc(C)ccc2F)cc1. The van der Waals surface area contributed by atoms with Crippen LogP contribution in [-0.4, -0.2) is 18.2 Å². The summed E-state index contributed by atoms with van der Waals surface area (Å²) in [7, 11) is 0. The summed E-state index contributed by atoms with van der Waals surface area (Å²) in [4.78, 5) is 12.1. The number of carbonyl (C=O) groups is 1. The number of ether oxygens (including phenoxy) is 1. The molecule has 0 aromatic heterocycles. The highest BCUT2D eigenvalue weighted by molar-refractivity contribution is 6.01. The van der Waals surface area contributed by atoms with Gasteiger partial charge in [-0.2, -0.15) is 5.10 Å². The second-order valence-corrected chi connectivity index (χ2v) is 5.49. The number of halogens is 1. The first kappa shape index (κ1) is 17.7. The Morgan fingerprint density at radius 1 is 1.21 bits per heavy atom. The topological polar surface area (TPSA) is 50.7 Å². The van der Waals surface area contributed by atoms with Crippen LogP contribution < -0.4 is 10.2 Å². The second kappa shape index (κ2) is 8.24. The zero-order valence-corrected chi connectivity index (χ0v) is 14.1. The van der Waals surface area contributed by atoms with Crippen molar-refractivity contribution >= 4 is 11.6 Å². The lowest BCUT2D eigenvalue weighted by atomic mass is 10.1. The zero-order chi connectivity index (χ0) is 17.5. The van der Waals surface area contributed by atoms with Crippen LogP contribution in [-0.2, 0) is 0 Å². The molecule has 1 N–H and O–H groups in total. The van der Waals surface area contributed by atoms with E-state index in [1.165, 1.54) is 6.07 Å². The van der Waals surface area contributed by atoms with Crippen LogP contribution in [0.15, 0.2) is 47.6 Å². The van der Waals surface area contributed by atoms with Gasteiger partial charge in [0, 0.05) is 11.1 Å². The maximum Gasteiger partial charge on any atom is 0.271 e. The van der Waals surface area contributed by atoms with E-state index in [1.54, 1.807) is 43.3 Å². The standard InChI is InChI=1S/C19H21FN2O2/c1-4-11-24-16-8-6-15(7-9-16)19(23)22-21-14(3)17-12-13(2)5-10-18(17)20/h5-10,12H,4,11H2,1-3H3,(H,22,23)/b21-14-. The predicted molar refractivity (Wildman–Crippen MR) is 93.0 cm³/mol. The van der Waals surface area contributed by atoms with E-state index >= 15 is 0 Å². The number of rotatable bonds is 6. The molecule has 4 nitrogen and oxygen atoms in total. The lowest BCUT2D eigenvalue weighted by molar-refractivity contribution is 0.0955. The van der Waals surface area contributed by atoms with Crippen molar-refractivity contribution in [3.8, 4) is 5.75 Å². The van der Waals surface area contributed by atoms with Gasteiger partial charge >= 0.3 is 0 Å². The van der Waals surface area contributed by atoms with E-state index < -0.39 is 0 Å². The molecule has 0 heterocycles. The molecule has 0 fully saturated rings. The summed E-state index contributed by atoms with van der Waals surface area (Å²) in [5.74, 6) is -0.00658. The molecule has 0 atom stereocenters. The van der Waals surface area contributed by atoms with Crippen molar-refractivity contribution in [3.05, 3.63) is 65.0 Å². The van der Waals surface area contributed by atoms with Gasteiger partial charge in [0.2, 0.25) is 0 Å². The average molecular weight is 328 g/mol. The van der Waals surface area contributed by atoms with Gasteiger partial charge in [0.15, 0.2) is 0 Å². The molecule has 2 rings (SSSR count). The Bertz CT molecular complexity index is 740. The van der Waals surface area contributed by atoms with E-state index in [9.17, 15) is 9.18 Å². The van der Waals surface area contributed by atoms with E-state index in [2.05, 4.69) is 10.5 Å². The van der Waals surface area contributed by atoms with Crippen molar-refractivity contribution in [1.29, 1.82) is 0 Å². The first-order chi connectivity index (χ1) is 11.5. The van der Waals surface area contributed by atoms with Crippen LogP contribution in [0.1, 0.15) is 41.8 Å². The fraction of sp³-hybridized carbons (Fsp3) is 0.263. The van der Waals surface area contributed by atoms with Crippen molar-refractivity contribution in [2.75, 3.05) is 6.61 Å². The monoisotopic (exact) mass is 328 g/mol. The van der Waals surface area contributed by atoms with Crippen LogP contribution in [0.3, 0.4) is 0 Å². The third kappa shape index (κ3) is 4.65. The van der Waals surface area contributed by atoms with E-state index in [1.807, 2.05) is 13.8 Å². The highest BCUT2D eigenvalue weighted by atomic mass is 19.1. The number of benzene rings is 2. The van der Waals surface area contributed by atoms with Gasteiger partial charge in [-0.25, -0.2) is 9.82 Å². The van der Waals surface area contributed by atoms with E-state index in [-0.39, 0.29) is 11.7 Å². The van der Waals surface area contributed by atoms with Gasteiger partial charge in [-0.15, -0.1) is 0 Å². The minimum absolute atomic E-state index is 0.357. The molecule has 0 radical (unpaired) electrons. The second-order valence-electron chi connectivity index (χ2n) is 5.49. The third-order valence-electron chi connectivity index (χ3n) is 3.43. The molecule has 0 aliphatic carbocycles. The summed E-state index contributed by atoms with van der Waals surface area (Å²) in [5.41, 5.74) is 4.62. The Balaban J connectivity index is 2.05. The molecule has 126 valence electrons. The van der Waals surface area contributed by atoms with Crippen molar-refractivity contribution in [2.24, 2.45) is 5.10 Å². The molecular formula is C19H21FN2O2. The van der Waals surface area contributed by atoms with Crippen molar-refractivity contribution in [2.45, 2.75) is 27.2 Å². The number of amides is 1. The summed E-state index contributed by atoms with van der Waals surface area (Å²) < 4.78 is 19.3. The number of nitrogens with zero attached hydrogens (tertiary/aromatic N) is 1. The predicted octanol–water partition coefficient (Wildman–Crippen LogP) is 4.08. The number of carbonyl (C=O) groups excluding carboxylic acids is 1. The van der Waals surface area contributed by atoms with Crippen LogP contribution in [0.25, 0.3) is 0 Å². The Labute approximate surface area is 141 Å². The number of hydrazone groups is 1. The van der Waals surface area contributed by atoms with Gasteiger partial charge in [0.1, 0.15) is 11.6 Å². The summed E-state index contributed by atoms with van der Waals surface area (Å²) >= 11 is 0. The maximum absolute atomic E-state index is 13.8. The molecule has 1 amide bonds. The van der Waals surface area contributed by atoms with Gasteiger partial charge in [0.05, 0.1) is 12.3 Å². The van der Waals surface area contributed by atoms with Crippen molar-refractivity contribution in [1.82, 2.24) is 5.43 Å². The molecule has 2 aromatic carbocycles. The molecule has 0 saturated heterocycles. The van der Waals surface area contributed by atoms with Gasteiger partial charge in [-0.1, -0.05) is 18.6 Å². The fourth-order valence-electron chi connectivity index (χ4n) is 2.10. The molecular weight excluding hydrogens is 307 g/mol. The van der Waals surface area contributed by atoms with Crippen LogP contribution in [0.5, 0.6) is 5.75 Å². The van der Waals surface area contributed by atoms with E-state index in [0.717, 1.165) is 17.7 Å². The van der Waals surface area contributed by atoms with E-state index in [0.29, 0.717) is 23.4 Å². The fourth-order valence-corrected chi connectivity index (χ4v) is 2.10. The van der Waals surface area contributed by atoms with Gasteiger partial charge in [-0.05, 0) is 56.7 Å². The molecule has 0 aliphatic heterocycles. The normalized spacial score (nSPS) is 11.2. The Hall–Kier alpha value is -2.69. The van der Waals surface area contributed by atoms with Crippen LogP contribution in [0.4, 0.5) is 4.39 Å². The lowest BCUT2D eigenvalue weighted by Crippen LogP contribution is -2.19. The summed E-state index contributed by atoms with van der Waals surface area (Å²) in [6.07, 6.45) is 0.922. The highest BCUT2D eigenvalue weighted by Crippen LogP contribution is 2.13. The number of hydrogen-bond acceptors (Lipinski definition) is 3. The number of nitrogens with one attached hydrogen (secondary N) is 1. The summed E-state index contributed by atoms with van der Waals surface area (Å²) in [6.45, 7) is 6.19. The Morgan fingerprint density at radius 3 is 2.58 bits per heavy atom. The molecule has 2 aromatic rings. The van der Waals surface area contributed by atoms with Crippen molar-refractivity contribution < 1.29 is 13.9 Å². The third-order valence-corrected chi connectivity index (χ3v) is 3.43. The molecule has 24 heavy (non-hydrogen) atoms. The van der Waals surface area contributed by atoms with Crippen LogP contribution in [0.2, 0.25) is 0 Å². The zero-order valence-electron chi connectivity index (χ0n) is 14.1. The van der Waals surface area contributed by atoms with Crippen LogP contribution in [0, 0.1) is 12.7 Å². The van der Waals surface area contributed by atoms with Gasteiger partial charge in [-0.3, -0.25) is 4.79 Å². The van der Waals surface area contributed by atoms with Crippen molar-refractivity contribution in [3.63, 3.8) is 0 Å².